The molecule has 0 fully saturated rings. The topological polar surface area (TPSA) is 87.9 Å². The molecule has 0 N–H and O–H groups in total. The zero-order chi connectivity index (χ0) is 13.7. The van der Waals surface area contributed by atoms with Crippen LogP contribution in [0.2, 0.25) is 0 Å². The summed E-state index contributed by atoms with van der Waals surface area (Å²) in [4.78, 5) is 21.6. The Morgan fingerprint density at radius 1 is 1.28 bits per heavy atom. The Morgan fingerprint density at radius 3 is 2.39 bits per heavy atom. The predicted molar refractivity (Wildman–Crippen MR) is 61.9 cm³/mol. The van der Waals surface area contributed by atoms with E-state index in [0.717, 1.165) is 0 Å². The lowest BCUT2D eigenvalue weighted by Gasteiger charge is -2.12. The Labute approximate surface area is 103 Å². The molecule has 0 atom stereocenters. The molecular formula is C11H13NO6. The summed E-state index contributed by atoms with van der Waals surface area (Å²) >= 11 is 0. The molecule has 18 heavy (non-hydrogen) atoms. The van der Waals surface area contributed by atoms with Crippen molar-refractivity contribution in [2.75, 3.05) is 21.3 Å². The molecule has 98 valence electrons. The third kappa shape index (κ3) is 2.68. The van der Waals surface area contributed by atoms with Gasteiger partial charge in [0.05, 0.1) is 38.2 Å². The van der Waals surface area contributed by atoms with Crippen molar-refractivity contribution in [2.24, 2.45) is 0 Å². The van der Waals surface area contributed by atoms with Gasteiger partial charge in [0.2, 0.25) is 5.75 Å². The number of hydrogen-bond donors (Lipinski definition) is 0. The first kappa shape index (κ1) is 13.8. The summed E-state index contributed by atoms with van der Waals surface area (Å²) < 4.78 is 14.6. The van der Waals surface area contributed by atoms with Crippen molar-refractivity contribution >= 4 is 11.7 Å². The number of esters is 1. The van der Waals surface area contributed by atoms with Crippen molar-refractivity contribution in [3.05, 3.63) is 27.8 Å². The fraction of sp³-hybridized carbons (Fsp3) is 0.364. The van der Waals surface area contributed by atoms with Gasteiger partial charge in [-0.25, -0.2) is 0 Å². The first-order valence-electron chi connectivity index (χ1n) is 5.00. The largest absolute Gasteiger partial charge is 0.496 e. The van der Waals surface area contributed by atoms with E-state index in [9.17, 15) is 14.9 Å². The van der Waals surface area contributed by atoms with Crippen molar-refractivity contribution in [1.82, 2.24) is 0 Å². The molecule has 0 heterocycles. The fourth-order valence-electron chi connectivity index (χ4n) is 1.54. The second-order valence-electron chi connectivity index (χ2n) is 3.31. The number of rotatable bonds is 5. The monoisotopic (exact) mass is 255 g/mol. The summed E-state index contributed by atoms with van der Waals surface area (Å²) in [5.41, 5.74) is 0.0678. The summed E-state index contributed by atoms with van der Waals surface area (Å²) in [5, 5.41) is 10.9. The molecule has 0 aliphatic carbocycles. The molecule has 0 unspecified atom stereocenters. The van der Waals surface area contributed by atoms with Crippen LogP contribution >= 0.6 is 0 Å². The number of nitro groups is 1. The average Bonchev–Trinajstić information content (AvgIpc) is 2.37. The first-order chi connectivity index (χ1) is 8.54. The van der Waals surface area contributed by atoms with Crippen LogP contribution in [0.1, 0.15) is 5.56 Å². The van der Waals surface area contributed by atoms with Crippen LogP contribution in [0.25, 0.3) is 0 Å². The number of methoxy groups -OCH3 is 3. The molecule has 0 bridgehead atoms. The van der Waals surface area contributed by atoms with Gasteiger partial charge in [-0.3, -0.25) is 14.9 Å². The summed E-state index contributed by atoms with van der Waals surface area (Å²) in [5.74, 6) is -0.195. The number of carbonyl (C=O) groups excluding carboxylic acids is 1. The highest BCUT2D eigenvalue weighted by atomic mass is 16.6. The van der Waals surface area contributed by atoms with Gasteiger partial charge in [-0.05, 0) is 6.07 Å². The van der Waals surface area contributed by atoms with Crippen LogP contribution in [0.5, 0.6) is 11.5 Å². The van der Waals surface area contributed by atoms with Crippen LogP contribution in [-0.4, -0.2) is 32.2 Å². The molecular weight excluding hydrogens is 242 g/mol. The molecule has 0 amide bonds. The van der Waals surface area contributed by atoms with E-state index in [1.807, 2.05) is 0 Å². The predicted octanol–water partition coefficient (Wildman–Crippen LogP) is 1.33. The lowest BCUT2D eigenvalue weighted by atomic mass is 10.1. The van der Waals surface area contributed by atoms with Gasteiger partial charge in [0.15, 0.2) is 0 Å². The minimum Gasteiger partial charge on any atom is -0.496 e. The SMILES string of the molecule is COC(=O)Cc1c(OC)ccc([N+](=O)[O-])c1OC. The quantitative estimate of drug-likeness (QED) is 0.448. The number of hydrogen-bond acceptors (Lipinski definition) is 6. The van der Waals surface area contributed by atoms with Gasteiger partial charge in [0, 0.05) is 6.07 Å². The molecule has 0 spiro atoms. The lowest BCUT2D eigenvalue weighted by molar-refractivity contribution is -0.385. The van der Waals surface area contributed by atoms with Crippen molar-refractivity contribution in [1.29, 1.82) is 0 Å². The molecule has 1 rings (SSSR count). The normalized spacial score (nSPS) is 9.72. The Hall–Kier alpha value is -2.31. The second kappa shape index (κ2) is 5.85. The maximum absolute atomic E-state index is 11.3. The van der Waals surface area contributed by atoms with Crippen LogP contribution in [0, 0.1) is 10.1 Å². The molecule has 1 aromatic rings. The Bertz CT molecular complexity index is 471. The summed E-state index contributed by atoms with van der Waals surface area (Å²) in [6, 6.07) is 2.68. The summed E-state index contributed by atoms with van der Waals surface area (Å²) in [7, 11) is 3.93. The zero-order valence-corrected chi connectivity index (χ0v) is 10.3. The van der Waals surface area contributed by atoms with E-state index in [0.29, 0.717) is 11.3 Å². The molecule has 0 saturated heterocycles. The van der Waals surface area contributed by atoms with Crippen LogP contribution in [-0.2, 0) is 16.0 Å². The van der Waals surface area contributed by atoms with E-state index in [1.54, 1.807) is 0 Å². The molecule has 0 aliphatic rings. The highest BCUT2D eigenvalue weighted by molar-refractivity contribution is 5.76. The number of ether oxygens (including phenoxy) is 3. The zero-order valence-electron chi connectivity index (χ0n) is 10.3. The Kier molecular flexibility index (Phi) is 4.47. The summed E-state index contributed by atoms with van der Waals surface area (Å²) in [6.45, 7) is 0. The second-order valence-corrected chi connectivity index (χ2v) is 3.31. The Morgan fingerprint density at radius 2 is 1.94 bits per heavy atom. The lowest BCUT2D eigenvalue weighted by Crippen LogP contribution is -2.08. The smallest absolute Gasteiger partial charge is 0.311 e. The highest BCUT2D eigenvalue weighted by Gasteiger charge is 2.24. The van der Waals surface area contributed by atoms with Crippen molar-refractivity contribution < 1.29 is 23.9 Å². The van der Waals surface area contributed by atoms with Crippen LogP contribution < -0.4 is 9.47 Å². The number of nitrogens with zero attached hydrogens (tertiary/aromatic N) is 1. The number of nitro benzene ring substituents is 1. The van der Waals surface area contributed by atoms with Gasteiger partial charge in [-0.2, -0.15) is 0 Å². The molecule has 0 aromatic heterocycles. The molecule has 1 aromatic carbocycles. The van der Waals surface area contributed by atoms with Crippen molar-refractivity contribution in [2.45, 2.75) is 6.42 Å². The molecule has 0 saturated carbocycles. The van der Waals surface area contributed by atoms with E-state index < -0.39 is 10.9 Å². The first-order valence-corrected chi connectivity index (χ1v) is 5.00. The van der Waals surface area contributed by atoms with E-state index in [4.69, 9.17) is 9.47 Å². The van der Waals surface area contributed by atoms with E-state index >= 15 is 0 Å². The van der Waals surface area contributed by atoms with Crippen LogP contribution in [0.15, 0.2) is 12.1 Å². The Balaban J connectivity index is 3.36. The van der Waals surface area contributed by atoms with Crippen LogP contribution in [0.3, 0.4) is 0 Å². The number of carbonyl (C=O) groups is 1. The maximum Gasteiger partial charge on any atom is 0.311 e. The molecule has 7 heteroatoms. The van der Waals surface area contributed by atoms with Crippen molar-refractivity contribution in [3.63, 3.8) is 0 Å². The number of benzene rings is 1. The fourth-order valence-corrected chi connectivity index (χ4v) is 1.54. The molecule has 0 radical (unpaired) electrons. The standard InChI is InChI=1S/C11H13NO6/c1-16-9-5-4-8(12(14)15)11(18-3)7(9)6-10(13)17-2/h4-5H,6H2,1-3H3. The minimum absolute atomic E-state index is 0.00440. The molecule has 0 aliphatic heterocycles. The average molecular weight is 255 g/mol. The maximum atomic E-state index is 11.3. The van der Waals surface area contributed by atoms with Gasteiger partial charge in [0.1, 0.15) is 5.75 Å². The van der Waals surface area contributed by atoms with Gasteiger partial charge >= 0.3 is 11.7 Å². The van der Waals surface area contributed by atoms with E-state index in [2.05, 4.69) is 4.74 Å². The third-order valence-corrected chi connectivity index (χ3v) is 2.37. The van der Waals surface area contributed by atoms with Crippen LogP contribution in [0.4, 0.5) is 5.69 Å². The minimum atomic E-state index is -0.584. The van der Waals surface area contributed by atoms with Gasteiger partial charge < -0.3 is 14.2 Å². The van der Waals surface area contributed by atoms with E-state index in [1.165, 1.54) is 33.5 Å². The van der Waals surface area contributed by atoms with Gasteiger partial charge in [0.25, 0.3) is 0 Å². The van der Waals surface area contributed by atoms with Crippen molar-refractivity contribution in [3.8, 4) is 11.5 Å². The van der Waals surface area contributed by atoms with Gasteiger partial charge in [-0.15, -0.1) is 0 Å². The summed E-state index contributed by atoms with van der Waals surface area (Å²) in [6.07, 6.45) is -0.162. The van der Waals surface area contributed by atoms with E-state index in [-0.39, 0.29) is 17.9 Å². The van der Waals surface area contributed by atoms with Gasteiger partial charge in [-0.1, -0.05) is 0 Å². The molecule has 7 nitrogen and oxygen atoms in total. The highest BCUT2D eigenvalue weighted by Crippen LogP contribution is 2.37. The third-order valence-electron chi connectivity index (χ3n) is 2.37.